The Morgan fingerprint density at radius 3 is 2.78 bits per heavy atom. The fourth-order valence-electron chi connectivity index (χ4n) is 2.28. The lowest BCUT2D eigenvalue weighted by molar-refractivity contribution is -0.137. The average molecular weight is 337 g/mol. The molecule has 0 fully saturated rings. The molecule has 0 aliphatic rings. The maximum Gasteiger partial charge on any atom is 0.303 e. The lowest BCUT2D eigenvalue weighted by atomic mass is 10.2. The monoisotopic (exact) mass is 337 g/mol. The molecule has 0 atom stereocenters. The first-order valence-electron chi connectivity index (χ1n) is 7.46. The van der Waals surface area contributed by atoms with Gasteiger partial charge in [-0.15, -0.1) is 11.3 Å². The average Bonchev–Trinajstić information content (AvgIpc) is 2.81. The summed E-state index contributed by atoms with van der Waals surface area (Å²) in [6, 6.07) is 0. The molecule has 7 nitrogen and oxygen atoms in total. The highest BCUT2D eigenvalue weighted by molar-refractivity contribution is 7.20. The predicted molar refractivity (Wildman–Crippen MR) is 88.2 cm³/mol. The van der Waals surface area contributed by atoms with E-state index in [-0.39, 0.29) is 24.4 Å². The molecule has 2 heterocycles. The molecule has 0 bridgehead atoms. The molecule has 0 saturated carbocycles. The number of aliphatic carboxylic acids is 1. The van der Waals surface area contributed by atoms with Crippen LogP contribution in [-0.4, -0.2) is 33.5 Å². The van der Waals surface area contributed by atoms with E-state index in [0.29, 0.717) is 39.3 Å². The Hall–Kier alpha value is -2.22. The van der Waals surface area contributed by atoms with Crippen LogP contribution in [0, 0.1) is 6.92 Å². The molecule has 0 unspecified atom stereocenters. The van der Waals surface area contributed by atoms with Gasteiger partial charge in [-0.3, -0.25) is 14.4 Å². The number of aryl methyl sites for hydroxylation is 2. The van der Waals surface area contributed by atoms with Crippen molar-refractivity contribution in [3.8, 4) is 0 Å². The van der Waals surface area contributed by atoms with Gasteiger partial charge in [-0.05, 0) is 25.3 Å². The van der Waals surface area contributed by atoms with Crippen LogP contribution in [-0.2, 0) is 11.2 Å². The van der Waals surface area contributed by atoms with Gasteiger partial charge in [-0.1, -0.05) is 6.92 Å². The van der Waals surface area contributed by atoms with Crippen LogP contribution in [0.2, 0.25) is 0 Å². The molecule has 2 aromatic heterocycles. The first-order valence-corrected chi connectivity index (χ1v) is 8.28. The fraction of sp³-hybridized carbons (Fsp3) is 0.467. The van der Waals surface area contributed by atoms with Crippen molar-refractivity contribution in [2.24, 2.45) is 0 Å². The largest absolute Gasteiger partial charge is 0.481 e. The Bertz CT molecular complexity index is 794. The van der Waals surface area contributed by atoms with Crippen LogP contribution in [0.4, 0.5) is 0 Å². The second-order valence-corrected chi connectivity index (χ2v) is 6.25. The van der Waals surface area contributed by atoms with E-state index in [1.54, 1.807) is 6.92 Å². The number of thiophene rings is 1. The van der Waals surface area contributed by atoms with Gasteiger partial charge in [0, 0.05) is 19.4 Å². The summed E-state index contributed by atoms with van der Waals surface area (Å²) >= 11 is 1.19. The maximum atomic E-state index is 12.2. The van der Waals surface area contributed by atoms with E-state index >= 15 is 0 Å². The van der Waals surface area contributed by atoms with Crippen LogP contribution in [0.1, 0.15) is 47.2 Å². The molecule has 2 aromatic rings. The Morgan fingerprint density at radius 2 is 2.13 bits per heavy atom. The number of H-pyrrole nitrogens is 1. The summed E-state index contributed by atoms with van der Waals surface area (Å²) in [6.45, 7) is 4.00. The third-order valence-electron chi connectivity index (χ3n) is 3.40. The minimum absolute atomic E-state index is 0.00722. The van der Waals surface area contributed by atoms with E-state index in [1.165, 1.54) is 11.3 Å². The third-order valence-corrected chi connectivity index (χ3v) is 4.58. The molecule has 0 radical (unpaired) electrons. The summed E-state index contributed by atoms with van der Waals surface area (Å²) in [5, 5.41) is 11.7. The molecule has 0 aromatic carbocycles. The summed E-state index contributed by atoms with van der Waals surface area (Å²) in [6.07, 6.45) is 1.92. The Kier molecular flexibility index (Phi) is 5.49. The number of carboxylic acid groups (broad SMARTS) is 1. The zero-order valence-electron chi connectivity index (χ0n) is 13.1. The number of aromatic nitrogens is 2. The fourth-order valence-corrected chi connectivity index (χ4v) is 3.40. The smallest absolute Gasteiger partial charge is 0.303 e. The van der Waals surface area contributed by atoms with Crippen LogP contribution >= 0.6 is 11.3 Å². The third kappa shape index (κ3) is 3.95. The van der Waals surface area contributed by atoms with Gasteiger partial charge in [-0.25, -0.2) is 4.98 Å². The quantitative estimate of drug-likeness (QED) is 0.667. The Labute approximate surface area is 136 Å². The maximum absolute atomic E-state index is 12.2. The number of nitrogens with one attached hydrogen (secondary N) is 2. The van der Waals surface area contributed by atoms with Crippen molar-refractivity contribution in [2.45, 2.75) is 39.5 Å². The van der Waals surface area contributed by atoms with Crippen LogP contribution in [0.15, 0.2) is 4.79 Å². The van der Waals surface area contributed by atoms with Crippen molar-refractivity contribution < 1.29 is 14.7 Å². The number of carboxylic acids is 1. The second-order valence-electron chi connectivity index (χ2n) is 5.25. The first kappa shape index (κ1) is 17.1. The van der Waals surface area contributed by atoms with E-state index in [1.807, 2.05) is 6.92 Å². The number of amides is 1. The van der Waals surface area contributed by atoms with Gasteiger partial charge in [0.1, 0.15) is 10.7 Å². The van der Waals surface area contributed by atoms with Gasteiger partial charge in [0.2, 0.25) is 0 Å². The highest BCUT2D eigenvalue weighted by Gasteiger charge is 2.19. The minimum atomic E-state index is -0.892. The number of hydrogen-bond acceptors (Lipinski definition) is 5. The zero-order chi connectivity index (χ0) is 17.0. The summed E-state index contributed by atoms with van der Waals surface area (Å²) in [5.74, 6) is -0.566. The molecule has 0 spiro atoms. The van der Waals surface area contributed by atoms with Crippen LogP contribution in [0.25, 0.3) is 10.2 Å². The van der Waals surface area contributed by atoms with Gasteiger partial charge in [0.05, 0.1) is 10.3 Å². The molecule has 2 rings (SSSR count). The van der Waals surface area contributed by atoms with Crippen molar-refractivity contribution in [2.75, 3.05) is 6.54 Å². The standard InChI is InChI=1S/C15H19N3O4S/c1-3-5-9-17-13(21)11-8(2)12(23-15(11)18-9)14(22)16-7-4-6-10(19)20/h3-7H2,1-2H3,(H,16,22)(H,19,20)(H,17,18,21). The van der Waals surface area contributed by atoms with Crippen LogP contribution < -0.4 is 10.9 Å². The molecular formula is C15H19N3O4S. The number of nitrogens with zero attached hydrogens (tertiary/aromatic N) is 1. The summed E-state index contributed by atoms with van der Waals surface area (Å²) in [7, 11) is 0. The molecule has 1 amide bonds. The Balaban J connectivity index is 2.22. The number of carbonyl (C=O) groups is 2. The van der Waals surface area contributed by atoms with Crippen LogP contribution in [0.5, 0.6) is 0 Å². The van der Waals surface area contributed by atoms with Gasteiger partial charge in [-0.2, -0.15) is 0 Å². The summed E-state index contributed by atoms with van der Waals surface area (Å²) in [4.78, 5) is 43.0. The van der Waals surface area contributed by atoms with Gasteiger partial charge in [0.25, 0.3) is 11.5 Å². The van der Waals surface area contributed by atoms with Crippen molar-refractivity contribution in [3.63, 3.8) is 0 Å². The second kappa shape index (κ2) is 7.36. The summed E-state index contributed by atoms with van der Waals surface area (Å²) < 4.78 is 0. The van der Waals surface area contributed by atoms with E-state index in [9.17, 15) is 14.4 Å². The summed E-state index contributed by atoms with van der Waals surface area (Å²) in [5.41, 5.74) is 0.384. The number of carbonyl (C=O) groups excluding carboxylic acids is 1. The molecule has 0 aliphatic carbocycles. The minimum Gasteiger partial charge on any atom is -0.481 e. The van der Waals surface area contributed by atoms with Gasteiger partial charge >= 0.3 is 5.97 Å². The predicted octanol–water partition coefficient (Wildman–Crippen LogP) is 1.84. The van der Waals surface area contributed by atoms with Crippen molar-refractivity contribution in [3.05, 3.63) is 26.6 Å². The molecule has 0 aliphatic heterocycles. The Morgan fingerprint density at radius 1 is 1.39 bits per heavy atom. The van der Waals surface area contributed by atoms with Crippen molar-refractivity contribution >= 4 is 33.4 Å². The topological polar surface area (TPSA) is 112 Å². The van der Waals surface area contributed by atoms with Crippen LogP contribution in [0.3, 0.4) is 0 Å². The SMILES string of the molecule is CCCc1nc2sc(C(=O)NCCCC(=O)O)c(C)c2c(=O)[nH]1. The zero-order valence-corrected chi connectivity index (χ0v) is 13.9. The van der Waals surface area contributed by atoms with Gasteiger partial charge in [0.15, 0.2) is 0 Å². The molecule has 3 N–H and O–H groups in total. The van der Waals surface area contributed by atoms with E-state index < -0.39 is 5.97 Å². The highest BCUT2D eigenvalue weighted by atomic mass is 32.1. The van der Waals surface area contributed by atoms with Gasteiger partial charge < -0.3 is 15.4 Å². The number of hydrogen-bond donors (Lipinski definition) is 3. The normalized spacial score (nSPS) is 10.9. The molecule has 23 heavy (non-hydrogen) atoms. The van der Waals surface area contributed by atoms with E-state index in [2.05, 4.69) is 15.3 Å². The first-order chi connectivity index (χ1) is 10.9. The molecule has 0 saturated heterocycles. The van der Waals surface area contributed by atoms with E-state index in [0.717, 1.165) is 6.42 Å². The van der Waals surface area contributed by atoms with Crippen molar-refractivity contribution in [1.82, 2.24) is 15.3 Å². The van der Waals surface area contributed by atoms with E-state index in [4.69, 9.17) is 5.11 Å². The lowest BCUT2D eigenvalue weighted by Crippen LogP contribution is -2.24. The highest BCUT2D eigenvalue weighted by Crippen LogP contribution is 2.26. The number of rotatable bonds is 7. The number of fused-ring (bicyclic) bond motifs is 1. The lowest BCUT2D eigenvalue weighted by Gasteiger charge is -2.02. The number of aromatic amines is 1. The van der Waals surface area contributed by atoms with Crippen molar-refractivity contribution in [1.29, 1.82) is 0 Å². The molecule has 8 heteroatoms. The molecular weight excluding hydrogens is 318 g/mol. The molecule has 124 valence electrons.